The summed E-state index contributed by atoms with van der Waals surface area (Å²) in [7, 11) is 0. The molecule has 0 aliphatic carbocycles. The summed E-state index contributed by atoms with van der Waals surface area (Å²) in [6, 6.07) is 55.7. The zero-order chi connectivity index (χ0) is 33.0. The van der Waals surface area contributed by atoms with E-state index in [1.54, 1.807) is 0 Å². The van der Waals surface area contributed by atoms with Crippen LogP contribution in [0.2, 0.25) is 0 Å². The molecule has 5 heteroatoms. The molecule has 3 heterocycles. The summed E-state index contributed by atoms with van der Waals surface area (Å²) < 4.78 is 12.7. The Morgan fingerprint density at radius 1 is 0.300 bits per heavy atom. The van der Waals surface area contributed by atoms with E-state index in [4.69, 9.17) is 23.8 Å². The first-order valence-electron chi connectivity index (χ1n) is 16.6. The molecule has 0 amide bonds. The molecule has 0 aliphatic heterocycles. The highest BCUT2D eigenvalue weighted by atomic mass is 16.3. The van der Waals surface area contributed by atoms with E-state index < -0.39 is 0 Å². The van der Waals surface area contributed by atoms with Crippen molar-refractivity contribution in [1.29, 1.82) is 0 Å². The molecule has 0 bridgehead atoms. The molecule has 10 rings (SSSR count). The number of aromatic nitrogens is 3. The minimum Gasteiger partial charge on any atom is -0.456 e. The van der Waals surface area contributed by atoms with Crippen LogP contribution in [-0.2, 0) is 0 Å². The van der Waals surface area contributed by atoms with Gasteiger partial charge in [-0.05, 0) is 58.7 Å². The fraction of sp³-hybridized carbons (Fsp3) is 0. The minimum absolute atomic E-state index is 0.568. The van der Waals surface area contributed by atoms with Crippen LogP contribution in [0.1, 0.15) is 0 Å². The highest BCUT2D eigenvalue weighted by Crippen LogP contribution is 2.40. The molecule has 0 saturated carbocycles. The SMILES string of the molecule is c1ccc(-c2cccc(-c3nc(-c4cccc5oc6ccccc6c45)nc(-c4cccc5oc6ccc(-c7ccccc7)cc6c45)n3)c2)cc1. The van der Waals surface area contributed by atoms with Crippen LogP contribution < -0.4 is 0 Å². The van der Waals surface area contributed by atoms with E-state index in [-0.39, 0.29) is 0 Å². The van der Waals surface area contributed by atoms with Gasteiger partial charge < -0.3 is 8.83 Å². The quantitative estimate of drug-likeness (QED) is 0.187. The molecule has 0 fully saturated rings. The lowest BCUT2D eigenvalue weighted by Crippen LogP contribution is -2.01. The van der Waals surface area contributed by atoms with Crippen molar-refractivity contribution in [3.8, 4) is 56.4 Å². The standard InChI is InChI=1S/C45H27N3O2/c1-3-12-28(13-4-1)30-16-9-17-32(26-30)43-46-44(34-19-10-22-39-41(34)33-18-7-8-21-37(33)49-39)48-45(47-43)35-20-11-23-40-42(35)36-27-31(24-25-38(36)50-40)29-14-5-2-6-15-29/h1-27H. The van der Waals surface area contributed by atoms with Crippen molar-refractivity contribution in [3.05, 3.63) is 164 Å². The number of nitrogens with zero attached hydrogens (tertiary/aromatic N) is 3. The Balaban J connectivity index is 1.24. The monoisotopic (exact) mass is 641 g/mol. The molecule has 3 aromatic heterocycles. The van der Waals surface area contributed by atoms with Crippen LogP contribution in [0, 0.1) is 0 Å². The lowest BCUT2D eigenvalue weighted by molar-refractivity contribution is 0.668. The molecule has 50 heavy (non-hydrogen) atoms. The Hall–Kier alpha value is -6.85. The minimum atomic E-state index is 0.568. The molecule has 7 aromatic carbocycles. The van der Waals surface area contributed by atoms with Gasteiger partial charge in [-0.2, -0.15) is 0 Å². The van der Waals surface area contributed by atoms with Crippen LogP contribution in [0.15, 0.2) is 173 Å². The predicted molar refractivity (Wildman–Crippen MR) is 202 cm³/mol. The van der Waals surface area contributed by atoms with Gasteiger partial charge in [0.2, 0.25) is 0 Å². The van der Waals surface area contributed by atoms with Crippen LogP contribution in [0.25, 0.3) is 100 Å². The smallest absolute Gasteiger partial charge is 0.164 e. The Labute approximate surface area is 287 Å². The van der Waals surface area contributed by atoms with E-state index in [0.29, 0.717) is 17.5 Å². The zero-order valence-electron chi connectivity index (χ0n) is 26.7. The summed E-state index contributed by atoms with van der Waals surface area (Å²) in [6.45, 7) is 0. The summed E-state index contributed by atoms with van der Waals surface area (Å²) in [5, 5.41) is 3.97. The maximum Gasteiger partial charge on any atom is 0.164 e. The number of furan rings is 2. The van der Waals surface area contributed by atoms with E-state index in [9.17, 15) is 0 Å². The molecule has 0 radical (unpaired) electrons. The summed E-state index contributed by atoms with van der Waals surface area (Å²) in [6.07, 6.45) is 0. The summed E-state index contributed by atoms with van der Waals surface area (Å²) >= 11 is 0. The Kier molecular flexibility index (Phi) is 6.42. The van der Waals surface area contributed by atoms with Crippen molar-refractivity contribution in [3.63, 3.8) is 0 Å². The fourth-order valence-electron chi connectivity index (χ4n) is 7.00. The fourth-order valence-corrected chi connectivity index (χ4v) is 7.00. The van der Waals surface area contributed by atoms with E-state index in [2.05, 4.69) is 103 Å². The lowest BCUT2D eigenvalue weighted by Gasteiger charge is -2.11. The molecular weight excluding hydrogens is 615 g/mol. The van der Waals surface area contributed by atoms with Crippen molar-refractivity contribution in [2.75, 3.05) is 0 Å². The molecule has 0 spiro atoms. The van der Waals surface area contributed by atoms with Crippen molar-refractivity contribution >= 4 is 43.9 Å². The van der Waals surface area contributed by atoms with Crippen molar-refractivity contribution in [2.45, 2.75) is 0 Å². The van der Waals surface area contributed by atoms with Crippen LogP contribution >= 0.6 is 0 Å². The highest BCUT2D eigenvalue weighted by Gasteiger charge is 2.21. The van der Waals surface area contributed by atoms with Gasteiger partial charge in [0.15, 0.2) is 17.5 Å². The highest BCUT2D eigenvalue weighted by molar-refractivity contribution is 6.14. The molecule has 0 unspecified atom stereocenters. The van der Waals surface area contributed by atoms with E-state index in [0.717, 1.165) is 82.8 Å². The van der Waals surface area contributed by atoms with Crippen molar-refractivity contribution in [1.82, 2.24) is 15.0 Å². The topological polar surface area (TPSA) is 65.0 Å². The third-order valence-corrected chi connectivity index (χ3v) is 9.35. The summed E-state index contributed by atoms with van der Waals surface area (Å²) in [4.78, 5) is 15.6. The van der Waals surface area contributed by atoms with Crippen LogP contribution in [0.4, 0.5) is 0 Å². The molecule has 234 valence electrons. The molecule has 10 aromatic rings. The average molecular weight is 642 g/mol. The Morgan fingerprint density at radius 3 is 1.46 bits per heavy atom. The van der Waals surface area contributed by atoms with Gasteiger partial charge >= 0.3 is 0 Å². The first kappa shape index (κ1) is 28.2. The van der Waals surface area contributed by atoms with E-state index in [1.165, 1.54) is 0 Å². The number of hydrogen-bond acceptors (Lipinski definition) is 5. The largest absolute Gasteiger partial charge is 0.456 e. The van der Waals surface area contributed by atoms with Gasteiger partial charge in [-0.1, -0.05) is 127 Å². The maximum atomic E-state index is 6.41. The van der Waals surface area contributed by atoms with Crippen LogP contribution in [-0.4, -0.2) is 15.0 Å². The third kappa shape index (κ3) is 4.67. The molecule has 0 saturated heterocycles. The molecule has 0 N–H and O–H groups in total. The van der Waals surface area contributed by atoms with E-state index in [1.807, 2.05) is 60.7 Å². The van der Waals surface area contributed by atoms with Crippen LogP contribution in [0.3, 0.4) is 0 Å². The summed E-state index contributed by atoms with van der Waals surface area (Å²) in [5.74, 6) is 1.72. The number of benzene rings is 7. The van der Waals surface area contributed by atoms with Gasteiger partial charge in [-0.15, -0.1) is 0 Å². The van der Waals surface area contributed by atoms with Crippen LogP contribution in [0.5, 0.6) is 0 Å². The van der Waals surface area contributed by atoms with Gasteiger partial charge in [0.1, 0.15) is 22.3 Å². The second-order valence-corrected chi connectivity index (χ2v) is 12.4. The first-order chi connectivity index (χ1) is 24.8. The summed E-state index contributed by atoms with van der Waals surface area (Å²) in [5.41, 5.74) is 10.3. The second kappa shape index (κ2) is 11.4. The maximum absolute atomic E-state index is 6.41. The first-order valence-corrected chi connectivity index (χ1v) is 16.6. The number of rotatable bonds is 5. The Bertz CT molecular complexity index is 2870. The van der Waals surface area contributed by atoms with Gasteiger partial charge in [0.25, 0.3) is 0 Å². The molecular formula is C45H27N3O2. The molecule has 0 aliphatic rings. The van der Waals surface area contributed by atoms with Gasteiger partial charge in [-0.25, -0.2) is 15.0 Å². The number of fused-ring (bicyclic) bond motifs is 6. The Morgan fingerprint density at radius 2 is 0.780 bits per heavy atom. The molecule has 0 atom stereocenters. The van der Waals surface area contributed by atoms with Gasteiger partial charge in [-0.3, -0.25) is 0 Å². The third-order valence-electron chi connectivity index (χ3n) is 9.35. The van der Waals surface area contributed by atoms with Gasteiger partial charge in [0.05, 0.1) is 0 Å². The lowest BCUT2D eigenvalue weighted by atomic mass is 10.0. The molecule has 5 nitrogen and oxygen atoms in total. The second-order valence-electron chi connectivity index (χ2n) is 12.4. The van der Waals surface area contributed by atoms with E-state index >= 15 is 0 Å². The normalized spacial score (nSPS) is 11.6. The van der Waals surface area contributed by atoms with Crippen molar-refractivity contribution in [2.24, 2.45) is 0 Å². The van der Waals surface area contributed by atoms with Crippen molar-refractivity contribution < 1.29 is 8.83 Å². The number of para-hydroxylation sites is 1. The zero-order valence-corrected chi connectivity index (χ0v) is 26.7. The van der Waals surface area contributed by atoms with Gasteiger partial charge in [0, 0.05) is 38.2 Å². The average Bonchev–Trinajstić information content (AvgIpc) is 3.77. The number of hydrogen-bond donors (Lipinski definition) is 0. The predicted octanol–water partition coefficient (Wildman–Crippen LogP) is 12.0.